The van der Waals surface area contributed by atoms with Gasteiger partial charge in [-0.05, 0) is 19.3 Å². The third-order valence-electron chi connectivity index (χ3n) is 11.3. The van der Waals surface area contributed by atoms with Gasteiger partial charge >= 0.3 is 23.9 Å². The number of carbonyl (C=O) groups excluding carboxylic acids is 3. The summed E-state index contributed by atoms with van der Waals surface area (Å²) in [5.74, 6) is -5.16. The molecule has 0 rings (SSSR count). The molecule has 0 saturated carbocycles. The maximum absolute atomic E-state index is 13.3. The predicted molar refractivity (Wildman–Crippen MR) is 228 cm³/mol. The van der Waals surface area contributed by atoms with Crippen LogP contribution in [0.15, 0.2) is 0 Å². The van der Waals surface area contributed by atoms with E-state index in [1.54, 1.807) is 0 Å². The Morgan fingerprint density at radius 1 is 0.321 bits per heavy atom. The van der Waals surface area contributed by atoms with Crippen molar-refractivity contribution in [3.63, 3.8) is 0 Å². The van der Waals surface area contributed by atoms with Crippen LogP contribution >= 0.6 is 0 Å². The Balaban J connectivity index is 5.35. The van der Waals surface area contributed by atoms with Crippen LogP contribution in [0.1, 0.15) is 252 Å². The number of esters is 3. The van der Waals surface area contributed by atoms with E-state index in [-0.39, 0.29) is 19.3 Å². The van der Waals surface area contributed by atoms with E-state index in [0.29, 0.717) is 19.3 Å². The highest BCUT2D eigenvalue weighted by Gasteiger charge is 2.62. The molecule has 56 heavy (non-hydrogen) atoms. The molecule has 9 nitrogen and oxygen atoms in total. The summed E-state index contributed by atoms with van der Waals surface area (Å²) < 4.78 is 17.2. The Morgan fingerprint density at radius 2 is 0.500 bits per heavy atom. The molecule has 0 heterocycles. The van der Waals surface area contributed by atoms with Crippen LogP contribution in [0, 0.1) is 5.41 Å². The second-order valence-corrected chi connectivity index (χ2v) is 16.6. The Labute approximate surface area is 344 Å². The molecular weight excluding hydrogens is 709 g/mol. The summed E-state index contributed by atoms with van der Waals surface area (Å²) in [5.41, 5.74) is -2.17. The van der Waals surface area contributed by atoms with Crippen molar-refractivity contribution in [2.24, 2.45) is 5.41 Å². The van der Waals surface area contributed by atoms with Crippen LogP contribution in [0.4, 0.5) is 0 Å². The molecule has 0 aliphatic rings. The average Bonchev–Trinajstić information content (AvgIpc) is 3.18. The van der Waals surface area contributed by atoms with Gasteiger partial charge in [0.2, 0.25) is 0 Å². The standard InChI is InChI=1S/C47H90O9/c1-4-7-10-13-16-19-22-25-28-31-34-37-43(51)54-47(46(40-48,41-49)42-50,55-44(52)38-35-32-29-26-23-20-17-14-11-8-5-2)56-45(53)39-36-33-30-27-24-21-18-15-12-9-6-3/h48-50H,4-42H2,1-3H3. The lowest BCUT2D eigenvalue weighted by Gasteiger charge is -2.43. The predicted octanol–water partition coefficient (Wildman–Crippen LogP) is 12.3. The van der Waals surface area contributed by atoms with Gasteiger partial charge in [-0.3, -0.25) is 14.4 Å². The first-order valence-electron chi connectivity index (χ1n) is 23.8. The minimum atomic E-state index is -2.80. The molecule has 0 saturated heterocycles. The normalized spacial score (nSPS) is 11.9. The number of hydrogen-bond donors (Lipinski definition) is 3. The molecule has 0 aliphatic carbocycles. The zero-order chi connectivity index (χ0) is 41.4. The third-order valence-corrected chi connectivity index (χ3v) is 11.3. The number of ether oxygens (including phenoxy) is 3. The van der Waals surface area contributed by atoms with Gasteiger partial charge in [0.15, 0.2) is 5.41 Å². The fourth-order valence-corrected chi connectivity index (χ4v) is 7.23. The number of rotatable bonds is 43. The lowest BCUT2D eigenvalue weighted by atomic mass is 9.87. The van der Waals surface area contributed by atoms with E-state index < -0.39 is 49.1 Å². The molecule has 0 bridgehead atoms. The van der Waals surface area contributed by atoms with Crippen molar-refractivity contribution in [1.82, 2.24) is 0 Å². The second-order valence-electron chi connectivity index (χ2n) is 16.6. The molecule has 0 atom stereocenters. The van der Waals surface area contributed by atoms with Crippen LogP contribution in [-0.4, -0.2) is 59.0 Å². The fourth-order valence-electron chi connectivity index (χ4n) is 7.23. The van der Waals surface area contributed by atoms with Crippen LogP contribution in [0.3, 0.4) is 0 Å². The Bertz CT molecular complexity index is 798. The van der Waals surface area contributed by atoms with E-state index in [2.05, 4.69) is 20.8 Å². The van der Waals surface area contributed by atoms with E-state index in [4.69, 9.17) is 14.2 Å². The fraction of sp³-hybridized carbons (Fsp3) is 0.936. The molecule has 9 heteroatoms. The first kappa shape index (κ1) is 54.3. The lowest BCUT2D eigenvalue weighted by molar-refractivity contribution is -0.392. The summed E-state index contributed by atoms with van der Waals surface area (Å²) in [4.78, 5) is 40.0. The molecule has 0 fully saturated rings. The van der Waals surface area contributed by atoms with Crippen molar-refractivity contribution in [3.8, 4) is 0 Å². The molecule has 0 radical (unpaired) electrons. The van der Waals surface area contributed by atoms with Gasteiger partial charge in [-0.25, -0.2) is 0 Å². The summed E-state index contributed by atoms with van der Waals surface area (Å²) >= 11 is 0. The van der Waals surface area contributed by atoms with Crippen LogP contribution in [0.5, 0.6) is 0 Å². The maximum Gasteiger partial charge on any atom is 0.436 e. The summed E-state index contributed by atoms with van der Waals surface area (Å²) in [7, 11) is 0. The summed E-state index contributed by atoms with van der Waals surface area (Å²) in [5, 5.41) is 31.5. The minimum absolute atomic E-state index is 0.0244. The second kappa shape index (κ2) is 38.8. The van der Waals surface area contributed by atoms with E-state index in [9.17, 15) is 29.7 Å². The summed E-state index contributed by atoms with van der Waals surface area (Å²) in [6.45, 7) is 3.80. The average molecular weight is 799 g/mol. The molecule has 0 amide bonds. The zero-order valence-corrected chi connectivity index (χ0v) is 36.9. The number of unbranched alkanes of at least 4 members (excludes halogenated alkanes) is 30. The third kappa shape index (κ3) is 27.8. The van der Waals surface area contributed by atoms with Crippen LogP contribution in [-0.2, 0) is 28.6 Å². The highest BCUT2D eigenvalue weighted by molar-refractivity contribution is 5.74. The summed E-state index contributed by atoms with van der Waals surface area (Å²) in [6, 6.07) is 0. The number of aliphatic hydroxyl groups is 3. The van der Waals surface area contributed by atoms with E-state index >= 15 is 0 Å². The molecule has 332 valence electrons. The molecule has 0 aromatic heterocycles. The lowest BCUT2D eigenvalue weighted by Crippen LogP contribution is -2.62. The van der Waals surface area contributed by atoms with Gasteiger partial charge in [-0.2, -0.15) is 0 Å². The van der Waals surface area contributed by atoms with Crippen molar-refractivity contribution < 1.29 is 43.9 Å². The minimum Gasteiger partial charge on any atom is -0.395 e. The molecular formula is C47H90O9. The van der Waals surface area contributed by atoms with Gasteiger partial charge in [0, 0.05) is 19.3 Å². The van der Waals surface area contributed by atoms with Gasteiger partial charge in [0.25, 0.3) is 0 Å². The highest BCUT2D eigenvalue weighted by atomic mass is 16.9. The van der Waals surface area contributed by atoms with Gasteiger partial charge in [0.1, 0.15) is 0 Å². The Hall–Kier alpha value is -1.71. The van der Waals surface area contributed by atoms with E-state index in [1.165, 1.54) is 116 Å². The first-order chi connectivity index (χ1) is 27.3. The van der Waals surface area contributed by atoms with Crippen LogP contribution < -0.4 is 0 Å². The molecule has 0 unspecified atom stereocenters. The number of carbonyl (C=O) groups is 3. The van der Waals surface area contributed by atoms with E-state index in [0.717, 1.165) is 77.0 Å². The topological polar surface area (TPSA) is 140 Å². The first-order valence-corrected chi connectivity index (χ1v) is 23.8. The van der Waals surface area contributed by atoms with Crippen molar-refractivity contribution in [2.45, 2.75) is 258 Å². The molecule has 3 N–H and O–H groups in total. The SMILES string of the molecule is CCCCCCCCCCCCCC(=O)OC(OC(=O)CCCCCCCCCCCCC)(OC(=O)CCCCCCCCCCCCC)C(CO)(CO)CO. The monoisotopic (exact) mass is 799 g/mol. The highest BCUT2D eigenvalue weighted by Crippen LogP contribution is 2.39. The van der Waals surface area contributed by atoms with Gasteiger partial charge in [-0.15, -0.1) is 0 Å². The molecule has 0 aromatic carbocycles. The number of hydrogen-bond acceptors (Lipinski definition) is 9. The zero-order valence-electron chi connectivity index (χ0n) is 36.9. The quantitative estimate of drug-likeness (QED) is 0.0312. The Kier molecular flexibility index (Phi) is 37.6. The van der Waals surface area contributed by atoms with Crippen molar-refractivity contribution >= 4 is 17.9 Å². The van der Waals surface area contributed by atoms with Gasteiger partial charge in [-0.1, -0.05) is 213 Å². The van der Waals surface area contributed by atoms with Crippen molar-refractivity contribution in [3.05, 3.63) is 0 Å². The molecule has 0 aliphatic heterocycles. The number of aliphatic hydroxyl groups excluding tert-OH is 3. The van der Waals surface area contributed by atoms with Gasteiger partial charge < -0.3 is 29.5 Å². The molecule has 0 spiro atoms. The maximum atomic E-state index is 13.3. The Morgan fingerprint density at radius 3 is 0.679 bits per heavy atom. The molecule has 0 aromatic rings. The largest absolute Gasteiger partial charge is 0.436 e. The smallest absolute Gasteiger partial charge is 0.395 e. The van der Waals surface area contributed by atoms with Crippen LogP contribution in [0.2, 0.25) is 0 Å². The van der Waals surface area contributed by atoms with Gasteiger partial charge in [0.05, 0.1) is 19.8 Å². The van der Waals surface area contributed by atoms with E-state index in [1.807, 2.05) is 0 Å². The van der Waals surface area contributed by atoms with Crippen molar-refractivity contribution in [1.29, 1.82) is 0 Å². The van der Waals surface area contributed by atoms with Crippen molar-refractivity contribution in [2.75, 3.05) is 19.8 Å². The van der Waals surface area contributed by atoms with Crippen LogP contribution in [0.25, 0.3) is 0 Å². The summed E-state index contributed by atoms with van der Waals surface area (Å²) in [6.07, 6.45) is 36.4.